The molecule has 6 N–H and O–H groups in total. The molecule has 6 heteroatoms. The van der Waals surface area contributed by atoms with Gasteiger partial charge in [0, 0.05) is 10.6 Å². The molecule has 0 bridgehead atoms. The molecule has 2 aromatic rings. The van der Waals surface area contributed by atoms with Crippen LogP contribution >= 0.6 is 23.5 Å². The second kappa shape index (κ2) is 7.91. The molecule has 2 aromatic carbocycles. The van der Waals surface area contributed by atoms with Gasteiger partial charge in [0.2, 0.25) is 0 Å². The SMILES string of the molecule is N=C(N)SCCc1ccc(-c2ccccc2SC(=N)N)cc1. The van der Waals surface area contributed by atoms with Crippen molar-refractivity contribution in [2.75, 3.05) is 5.75 Å². The summed E-state index contributed by atoms with van der Waals surface area (Å²) in [7, 11) is 0. The van der Waals surface area contributed by atoms with Crippen LogP contribution in [0, 0.1) is 10.8 Å². The fraction of sp³-hybridized carbons (Fsp3) is 0.125. The van der Waals surface area contributed by atoms with Gasteiger partial charge in [-0.1, -0.05) is 66.0 Å². The molecule has 0 radical (unpaired) electrons. The van der Waals surface area contributed by atoms with E-state index in [-0.39, 0.29) is 10.3 Å². The molecule has 22 heavy (non-hydrogen) atoms. The Balaban J connectivity index is 2.13. The summed E-state index contributed by atoms with van der Waals surface area (Å²) in [6.07, 6.45) is 0.883. The Morgan fingerprint density at radius 1 is 0.909 bits per heavy atom. The van der Waals surface area contributed by atoms with E-state index in [0.717, 1.165) is 28.2 Å². The zero-order valence-electron chi connectivity index (χ0n) is 12.0. The standard InChI is InChI=1S/C16H18N4S2/c17-15(18)21-10-9-11-5-7-12(8-6-11)13-3-1-2-4-14(13)22-16(19)20/h1-8H,9-10H2,(H3,17,18)(H3,19,20). The van der Waals surface area contributed by atoms with Crippen LogP contribution in [0.25, 0.3) is 11.1 Å². The van der Waals surface area contributed by atoms with Crippen LogP contribution in [-0.2, 0) is 6.42 Å². The average Bonchev–Trinajstić information content (AvgIpc) is 2.48. The maximum Gasteiger partial charge on any atom is 0.155 e. The lowest BCUT2D eigenvalue weighted by molar-refractivity contribution is 1.16. The highest BCUT2D eigenvalue weighted by atomic mass is 32.2. The molecule has 4 nitrogen and oxygen atoms in total. The molecule has 0 unspecified atom stereocenters. The monoisotopic (exact) mass is 330 g/mol. The first kappa shape index (κ1) is 16.5. The first-order chi connectivity index (χ1) is 10.6. The summed E-state index contributed by atoms with van der Waals surface area (Å²) in [4.78, 5) is 0.981. The third-order valence-corrected chi connectivity index (χ3v) is 4.54. The van der Waals surface area contributed by atoms with Gasteiger partial charge >= 0.3 is 0 Å². The third kappa shape index (κ3) is 4.82. The van der Waals surface area contributed by atoms with Gasteiger partial charge in [-0.25, -0.2) is 0 Å². The summed E-state index contributed by atoms with van der Waals surface area (Å²) < 4.78 is 0. The van der Waals surface area contributed by atoms with Crippen molar-refractivity contribution in [3.63, 3.8) is 0 Å². The number of nitrogens with one attached hydrogen (secondary N) is 2. The van der Waals surface area contributed by atoms with Crippen molar-refractivity contribution in [1.29, 1.82) is 10.8 Å². The van der Waals surface area contributed by atoms with E-state index in [1.54, 1.807) is 0 Å². The van der Waals surface area contributed by atoms with Gasteiger partial charge < -0.3 is 11.5 Å². The maximum atomic E-state index is 7.45. The van der Waals surface area contributed by atoms with Crippen LogP contribution in [0.15, 0.2) is 53.4 Å². The molecule has 0 saturated carbocycles. The van der Waals surface area contributed by atoms with E-state index in [4.69, 9.17) is 22.3 Å². The minimum absolute atomic E-state index is 0.0883. The summed E-state index contributed by atoms with van der Waals surface area (Å²) >= 11 is 2.62. The minimum Gasteiger partial charge on any atom is -0.379 e. The van der Waals surface area contributed by atoms with Crippen LogP contribution in [0.5, 0.6) is 0 Å². The summed E-state index contributed by atoms with van der Waals surface area (Å²) in [6, 6.07) is 16.3. The predicted molar refractivity (Wildman–Crippen MR) is 97.7 cm³/mol. The zero-order valence-corrected chi connectivity index (χ0v) is 13.6. The summed E-state index contributed by atoms with van der Waals surface area (Å²) in [5, 5.41) is 14.9. The van der Waals surface area contributed by atoms with Gasteiger partial charge in [-0.05, 0) is 29.2 Å². The first-order valence-corrected chi connectivity index (χ1v) is 8.53. The second-order valence-electron chi connectivity index (χ2n) is 4.62. The van der Waals surface area contributed by atoms with E-state index in [0.29, 0.717) is 0 Å². The van der Waals surface area contributed by atoms with Gasteiger partial charge in [0.1, 0.15) is 0 Å². The van der Waals surface area contributed by atoms with Crippen molar-refractivity contribution in [1.82, 2.24) is 0 Å². The van der Waals surface area contributed by atoms with Crippen molar-refractivity contribution in [2.24, 2.45) is 11.5 Å². The molecule has 0 aliphatic rings. The lowest BCUT2D eigenvalue weighted by Gasteiger charge is -2.09. The second-order valence-corrected chi connectivity index (χ2v) is 6.84. The Morgan fingerprint density at radius 2 is 1.59 bits per heavy atom. The number of hydrogen-bond donors (Lipinski definition) is 4. The third-order valence-electron chi connectivity index (χ3n) is 3.02. The molecular formula is C16H18N4S2. The number of rotatable bonds is 5. The zero-order chi connectivity index (χ0) is 15.9. The molecule has 114 valence electrons. The number of nitrogens with two attached hydrogens (primary N) is 2. The molecular weight excluding hydrogens is 312 g/mol. The lowest BCUT2D eigenvalue weighted by Crippen LogP contribution is -2.05. The van der Waals surface area contributed by atoms with Crippen LogP contribution in [-0.4, -0.2) is 16.1 Å². The van der Waals surface area contributed by atoms with Gasteiger partial charge in [0.25, 0.3) is 0 Å². The number of amidine groups is 2. The molecule has 0 aliphatic carbocycles. The van der Waals surface area contributed by atoms with Crippen LogP contribution in [0.3, 0.4) is 0 Å². The molecule has 0 spiro atoms. The summed E-state index contributed by atoms with van der Waals surface area (Å²) in [6.45, 7) is 0. The van der Waals surface area contributed by atoms with E-state index in [1.165, 1.54) is 29.1 Å². The number of thioether (sulfide) groups is 2. The Bertz CT molecular complexity index is 668. The minimum atomic E-state index is 0.0883. The van der Waals surface area contributed by atoms with E-state index in [9.17, 15) is 0 Å². The molecule has 2 rings (SSSR count). The van der Waals surface area contributed by atoms with Crippen molar-refractivity contribution in [3.05, 3.63) is 54.1 Å². The lowest BCUT2D eigenvalue weighted by atomic mass is 10.0. The molecule has 0 aliphatic heterocycles. The fourth-order valence-corrected chi connectivity index (χ4v) is 3.28. The van der Waals surface area contributed by atoms with Crippen LogP contribution in [0.1, 0.15) is 5.56 Å². The molecule has 0 saturated heterocycles. The Morgan fingerprint density at radius 3 is 2.23 bits per heavy atom. The van der Waals surface area contributed by atoms with Gasteiger partial charge in [-0.15, -0.1) is 0 Å². The summed E-state index contributed by atoms with van der Waals surface area (Å²) in [5.74, 6) is 0.811. The van der Waals surface area contributed by atoms with Crippen molar-refractivity contribution < 1.29 is 0 Å². The Labute approximate surface area is 138 Å². The molecule has 0 heterocycles. The quantitative estimate of drug-likeness (QED) is 0.383. The van der Waals surface area contributed by atoms with Crippen molar-refractivity contribution >= 4 is 33.9 Å². The molecule has 0 aromatic heterocycles. The van der Waals surface area contributed by atoms with E-state index in [2.05, 4.69) is 24.3 Å². The smallest absolute Gasteiger partial charge is 0.155 e. The number of aryl methyl sites for hydroxylation is 1. The van der Waals surface area contributed by atoms with Gasteiger partial charge in [-0.2, -0.15) is 0 Å². The predicted octanol–water partition coefficient (Wildman–Crippen LogP) is 3.51. The van der Waals surface area contributed by atoms with Crippen molar-refractivity contribution in [2.45, 2.75) is 11.3 Å². The fourth-order valence-electron chi connectivity index (χ4n) is 2.04. The van der Waals surface area contributed by atoms with E-state index < -0.39 is 0 Å². The highest BCUT2D eigenvalue weighted by molar-refractivity contribution is 8.14. The molecule has 0 fully saturated rings. The highest BCUT2D eigenvalue weighted by Gasteiger charge is 2.06. The summed E-state index contributed by atoms with van der Waals surface area (Å²) in [5.41, 5.74) is 14.2. The normalized spacial score (nSPS) is 10.4. The molecule has 0 atom stereocenters. The largest absolute Gasteiger partial charge is 0.379 e. The average molecular weight is 330 g/mol. The van der Waals surface area contributed by atoms with Gasteiger partial charge in [-0.3, -0.25) is 10.8 Å². The van der Waals surface area contributed by atoms with E-state index in [1.807, 2.05) is 24.3 Å². The van der Waals surface area contributed by atoms with Crippen LogP contribution in [0.4, 0.5) is 0 Å². The number of benzene rings is 2. The van der Waals surface area contributed by atoms with Crippen molar-refractivity contribution in [3.8, 4) is 11.1 Å². The number of hydrogen-bond acceptors (Lipinski definition) is 4. The topological polar surface area (TPSA) is 99.7 Å². The Hall–Kier alpha value is -1.92. The van der Waals surface area contributed by atoms with Crippen LogP contribution < -0.4 is 11.5 Å². The molecule has 0 amide bonds. The van der Waals surface area contributed by atoms with Gasteiger partial charge in [0.15, 0.2) is 10.3 Å². The van der Waals surface area contributed by atoms with E-state index >= 15 is 0 Å². The highest BCUT2D eigenvalue weighted by Crippen LogP contribution is 2.31. The van der Waals surface area contributed by atoms with Gasteiger partial charge in [0.05, 0.1) is 0 Å². The Kier molecular flexibility index (Phi) is 5.91. The first-order valence-electron chi connectivity index (χ1n) is 6.73. The van der Waals surface area contributed by atoms with Crippen LogP contribution in [0.2, 0.25) is 0 Å². The maximum absolute atomic E-state index is 7.45.